The summed E-state index contributed by atoms with van der Waals surface area (Å²) in [7, 11) is 0. The van der Waals surface area contributed by atoms with Gasteiger partial charge < -0.3 is 15.2 Å². The van der Waals surface area contributed by atoms with E-state index in [1.807, 2.05) is 0 Å². The number of amides is 1. The number of halogens is 1. The molecule has 2 fully saturated rings. The Labute approximate surface area is 172 Å². The largest absolute Gasteiger partial charge is 0.481 e. The van der Waals surface area contributed by atoms with Gasteiger partial charge in [-0.2, -0.15) is 0 Å². The van der Waals surface area contributed by atoms with E-state index in [1.165, 1.54) is 4.90 Å². The molecule has 2 aliphatic rings. The van der Waals surface area contributed by atoms with Crippen molar-refractivity contribution in [3.63, 3.8) is 0 Å². The molecule has 2 aromatic rings. The summed E-state index contributed by atoms with van der Waals surface area (Å²) >= 11 is 0. The van der Waals surface area contributed by atoms with Gasteiger partial charge in [0.1, 0.15) is 18.1 Å². The molecule has 0 aromatic carbocycles. The topological polar surface area (TPSA) is 118 Å². The van der Waals surface area contributed by atoms with Gasteiger partial charge in [0.2, 0.25) is 5.95 Å². The summed E-state index contributed by atoms with van der Waals surface area (Å²) in [6.07, 6.45) is 3.78. The second-order valence-corrected chi connectivity index (χ2v) is 7.41. The molecule has 0 bridgehead atoms. The first-order chi connectivity index (χ1) is 14.5. The number of carboxylic acid groups (broad SMARTS) is 1. The Morgan fingerprint density at radius 2 is 2.17 bits per heavy atom. The summed E-state index contributed by atoms with van der Waals surface area (Å²) in [4.78, 5) is 37.5. The molecule has 4 rings (SSSR count). The third-order valence-corrected chi connectivity index (χ3v) is 5.34. The second kappa shape index (κ2) is 8.70. The van der Waals surface area contributed by atoms with E-state index in [9.17, 15) is 19.1 Å². The van der Waals surface area contributed by atoms with Gasteiger partial charge in [0, 0.05) is 6.04 Å². The van der Waals surface area contributed by atoms with Crippen molar-refractivity contribution in [3.8, 4) is 11.4 Å². The van der Waals surface area contributed by atoms with E-state index in [4.69, 9.17) is 4.74 Å². The lowest BCUT2D eigenvalue weighted by molar-refractivity contribution is -0.142. The summed E-state index contributed by atoms with van der Waals surface area (Å²) in [5, 5.41) is 12.4. The van der Waals surface area contributed by atoms with Crippen molar-refractivity contribution in [2.45, 2.75) is 31.7 Å². The molecule has 30 heavy (non-hydrogen) atoms. The highest BCUT2D eigenvalue weighted by molar-refractivity contribution is 5.94. The van der Waals surface area contributed by atoms with Crippen LogP contribution in [-0.2, 0) is 14.3 Å². The summed E-state index contributed by atoms with van der Waals surface area (Å²) in [6, 6.07) is 4.89. The zero-order chi connectivity index (χ0) is 21.1. The summed E-state index contributed by atoms with van der Waals surface area (Å²) < 4.78 is 19.6. The molecule has 9 nitrogen and oxygen atoms in total. The van der Waals surface area contributed by atoms with Crippen molar-refractivity contribution in [2.75, 3.05) is 30.0 Å². The predicted molar refractivity (Wildman–Crippen MR) is 105 cm³/mol. The average molecular weight is 415 g/mol. The number of rotatable bonds is 5. The number of aromatic nitrogens is 3. The molecule has 1 saturated carbocycles. The number of hydrogen-bond donors (Lipinski definition) is 2. The molecule has 10 heteroatoms. The van der Waals surface area contributed by atoms with Crippen LogP contribution in [0, 0.1) is 11.7 Å². The number of ether oxygens (including phenoxy) is 1. The van der Waals surface area contributed by atoms with Gasteiger partial charge in [-0.25, -0.2) is 19.3 Å². The Hall–Kier alpha value is -3.14. The van der Waals surface area contributed by atoms with Crippen LogP contribution in [0.5, 0.6) is 0 Å². The first-order valence-corrected chi connectivity index (χ1v) is 9.88. The molecule has 2 atom stereocenters. The summed E-state index contributed by atoms with van der Waals surface area (Å²) in [6.45, 7) is 0.771. The van der Waals surface area contributed by atoms with Gasteiger partial charge in [0.25, 0.3) is 5.91 Å². The minimum absolute atomic E-state index is 0.0133. The Morgan fingerprint density at radius 3 is 2.97 bits per heavy atom. The average Bonchev–Trinajstić information content (AvgIpc) is 2.76. The van der Waals surface area contributed by atoms with E-state index in [0.717, 1.165) is 19.0 Å². The number of anilines is 2. The Morgan fingerprint density at radius 1 is 1.30 bits per heavy atom. The summed E-state index contributed by atoms with van der Waals surface area (Å²) in [5.74, 6) is -1.42. The van der Waals surface area contributed by atoms with Crippen molar-refractivity contribution >= 4 is 23.6 Å². The van der Waals surface area contributed by atoms with E-state index in [2.05, 4.69) is 20.3 Å². The lowest BCUT2D eigenvalue weighted by Gasteiger charge is -2.27. The molecule has 158 valence electrons. The number of hydrogen-bond acceptors (Lipinski definition) is 7. The van der Waals surface area contributed by atoms with Gasteiger partial charge in [-0.3, -0.25) is 14.5 Å². The van der Waals surface area contributed by atoms with Crippen molar-refractivity contribution in [2.24, 2.45) is 5.92 Å². The molecule has 2 aromatic heterocycles. The number of pyridine rings is 1. The molecule has 2 N–H and O–H groups in total. The van der Waals surface area contributed by atoms with Gasteiger partial charge in [-0.15, -0.1) is 0 Å². The molecule has 3 heterocycles. The molecule has 0 radical (unpaired) electrons. The van der Waals surface area contributed by atoms with Crippen LogP contribution < -0.4 is 10.2 Å². The van der Waals surface area contributed by atoms with Gasteiger partial charge >= 0.3 is 5.97 Å². The van der Waals surface area contributed by atoms with E-state index in [-0.39, 0.29) is 35.9 Å². The molecule has 1 aliphatic heterocycles. The maximum atomic E-state index is 14.5. The van der Waals surface area contributed by atoms with E-state index in [1.54, 1.807) is 18.2 Å². The van der Waals surface area contributed by atoms with Crippen LogP contribution in [0.1, 0.15) is 25.7 Å². The van der Waals surface area contributed by atoms with Gasteiger partial charge in [0.15, 0.2) is 5.82 Å². The maximum absolute atomic E-state index is 14.5. The van der Waals surface area contributed by atoms with Crippen LogP contribution in [-0.4, -0.2) is 57.7 Å². The molecule has 2 unspecified atom stereocenters. The lowest BCUT2D eigenvalue weighted by Crippen LogP contribution is -2.42. The predicted octanol–water partition coefficient (Wildman–Crippen LogP) is 2.10. The smallest absolute Gasteiger partial charge is 0.306 e. The number of aliphatic carboxylic acids is 1. The zero-order valence-corrected chi connectivity index (χ0v) is 16.3. The fourth-order valence-corrected chi connectivity index (χ4v) is 3.81. The zero-order valence-electron chi connectivity index (χ0n) is 16.3. The first-order valence-electron chi connectivity index (χ1n) is 9.88. The van der Waals surface area contributed by atoms with E-state index < -0.39 is 17.7 Å². The molecule has 0 spiro atoms. The van der Waals surface area contributed by atoms with Crippen LogP contribution in [0.3, 0.4) is 0 Å². The molecule has 1 aliphatic carbocycles. The fourth-order valence-electron chi connectivity index (χ4n) is 3.81. The van der Waals surface area contributed by atoms with Crippen molar-refractivity contribution in [1.82, 2.24) is 15.0 Å². The number of carbonyl (C=O) groups excluding carboxylic acids is 1. The number of nitrogens with zero attached hydrogens (tertiary/aromatic N) is 4. The maximum Gasteiger partial charge on any atom is 0.306 e. The second-order valence-electron chi connectivity index (χ2n) is 7.41. The molecule has 1 amide bonds. The fraction of sp³-hybridized carbons (Fsp3) is 0.450. The van der Waals surface area contributed by atoms with Gasteiger partial charge in [-0.1, -0.05) is 12.5 Å². The quantitative estimate of drug-likeness (QED) is 0.762. The van der Waals surface area contributed by atoms with E-state index >= 15 is 0 Å². The van der Waals surface area contributed by atoms with Crippen LogP contribution in [0.2, 0.25) is 0 Å². The number of morpholine rings is 1. The highest BCUT2D eigenvalue weighted by Crippen LogP contribution is 2.27. The minimum atomic E-state index is -0.805. The molecular weight excluding hydrogens is 393 g/mol. The molecule has 1 saturated heterocycles. The van der Waals surface area contributed by atoms with Crippen LogP contribution >= 0.6 is 0 Å². The number of carboxylic acids is 1. The third kappa shape index (κ3) is 4.38. The normalized spacial score (nSPS) is 22.0. The highest BCUT2D eigenvalue weighted by atomic mass is 19.1. The minimum Gasteiger partial charge on any atom is -0.481 e. The standard InChI is InChI=1S/C20H22FN5O4/c21-14-10-22-20(23-13-4-1-3-12(9-13)19(28)29)25-18(14)15-5-2-6-16(24-15)26-7-8-30-11-17(26)27/h2,5-6,10,12-13H,1,3-4,7-9,11H2,(H,28,29)(H,22,23,25). The Balaban J connectivity index is 1.56. The first kappa shape index (κ1) is 20.1. The lowest BCUT2D eigenvalue weighted by atomic mass is 9.86. The number of nitrogens with one attached hydrogen (secondary N) is 1. The van der Waals surface area contributed by atoms with Gasteiger partial charge in [0.05, 0.1) is 31.0 Å². The SMILES string of the molecule is O=C(O)C1CCCC(Nc2ncc(F)c(-c3cccc(N4CCOCC4=O)n3)n2)C1. The Bertz CT molecular complexity index is 957. The highest BCUT2D eigenvalue weighted by Gasteiger charge is 2.27. The van der Waals surface area contributed by atoms with Crippen molar-refractivity contribution in [1.29, 1.82) is 0 Å². The van der Waals surface area contributed by atoms with Gasteiger partial charge in [-0.05, 0) is 31.4 Å². The summed E-state index contributed by atoms with van der Waals surface area (Å²) in [5.41, 5.74) is 0.294. The van der Waals surface area contributed by atoms with E-state index in [0.29, 0.717) is 31.8 Å². The van der Waals surface area contributed by atoms with Crippen molar-refractivity contribution < 1.29 is 23.8 Å². The van der Waals surface area contributed by atoms with Crippen LogP contribution in [0.25, 0.3) is 11.4 Å². The number of carbonyl (C=O) groups is 2. The third-order valence-electron chi connectivity index (χ3n) is 5.34. The van der Waals surface area contributed by atoms with Crippen LogP contribution in [0.4, 0.5) is 16.2 Å². The Kier molecular flexibility index (Phi) is 5.84. The molecular formula is C20H22FN5O4. The monoisotopic (exact) mass is 415 g/mol. The van der Waals surface area contributed by atoms with Crippen molar-refractivity contribution in [3.05, 3.63) is 30.2 Å². The van der Waals surface area contributed by atoms with Crippen LogP contribution in [0.15, 0.2) is 24.4 Å².